The molecule has 194 valence electrons. The molecule has 2 aliphatic rings. The van der Waals surface area contributed by atoms with E-state index in [1.165, 1.54) is 14.1 Å². The van der Waals surface area contributed by atoms with E-state index in [0.717, 1.165) is 31.4 Å². The van der Waals surface area contributed by atoms with Crippen LogP contribution >= 0.6 is 0 Å². The second kappa shape index (κ2) is 8.76. The molecule has 0 saturated carbocycles. The first-order valence-electron chi connectivity index (χ1n) is 12.2. The van der Waals surface area contributed by atoms with Gasteiger partial charge in [0.05, 0.1) is 17.7 Å². The summed E-state index contributed by atoms with van der Waals surface area (Å²) in [6.07, 6.45) is 2.57. The molecular formula is C27H26N6O4S. The Hall–Kier alpha value is -4.06. The first-order chi connectivity index (χ1) is 18.2. The molecule has 0 unspecified atom stereocenters. The van der Waals surface area contributed by atoms with E-state index < -0.39 is 22.0 Å². The van der Waals surface area contributed by atoms with Crippen molar-refractivity contribution in [3.8, 4) is 0 Å². The number of amides is 2. The van der Waals surface area contributed by atoms with E-state index in [4.69, 9.17) is 5.73 Å². The second-order valence-electron chi connectivity index (χ2n) is 9.78. The Labute approximate surface area is 219 Å². The zero-order valence-electron chi connectivity index (χ0n) is 20.9. The van der Waals surface area contributed by atoms with E-state index >= 15 is 0 Å². The summed E-state index contributed by atoms with van der Waals surface area (Å²) in [4.78, 5) is 32.0. The molecule has 0 radical (unpaired) electrons. The topological polar surface area (TPSA) is 131 Å². The van der Waals surface area contributed by atoms with Gasteiger partial charge in [0.25, 0.3) is 22.0 Å². The smallest absolute Gasteiger partial charge is 0.279 e. The Kier molecular flexibility index (Phi) is 5.60. The standard InChI is InChI=1S/C27H26N6O4S/c1-31(2)38(36,37)30-18-13-22-21-12-17(28)9-10-23(21)32(24(22)14-18)15-16-6-5-11-29-25(16)33-26(34)19-7-3-4-8-20(19)27(33)35/h3-12,18,30H,13-15,28H2,1-2H3/t18-/m1/s1. The van der Waals surface area contributed by atoms with Crippen molar-refractivity contribution in [2.75, 3.05) is 24.7 Å². The number of nitrogens with zero attached hydrogens (tertiary/aromatic N) is 4. The number of hydrogen-bond donors (Lipinski definition) is 2. The summed E-state index contributed by atoms with van der Waals surface area (Å²) in [7, 11) is -0.629. The molecule has 1 atom stereocenters. The van der Waals surface area contributed by atoms with Crippen molar-refractivity contribution in [2.45, 2.75) is 25.4 Å². The summed E-state index contributed by atoms with van der Waals surface area (Å²) in [5, 5.41) is 0.956. The number of carbonyl (C=O) groups excluding carboxylic acids is 2. The van der Waals surface area contributed by atoms with Crippen LogP contribution in [-0.2, 0) is 29.6 Å². The highest BCUT2D eigenvalue weighted by molar-refractivity contribution is 7.87. The molecule has 1 aliphatic heterocycles. The SMILES string of the molecule is CN(C)S(=O)(=O)N[C@@H]1Cc2c(n(Cc3cccnc3N3C(=O)c4ccccc4C3=O)c3ccc(N)cc23)C1. The molecule has 6 rings (SSSR count). The molecule has 11 heteroatoms. The number of nitrogens with two attached hydrogens (primary N) is 1. The quantitative estimate of drug-likeness (QED) is 0.291. The summed E-state index contributed by atoms with van der Waals surface area (Å²) in [5.41, 5.74) is 11.1. The van der Waals surface area contributed by atoms with Crippen molar-refractivity contribution in [3.05, 3.63) is 88.7 Å². The number of imide groups is 1. The Morgan fingerprint density at radius 2 is 1.74 bits per heavy atom. The highest BCUT2D eigenvalue weighted by Gasteiger charge is 2.38. The molecule has 2 amide bonds. The van der Waals surface area contributed by atoms with Crippen LogP contribution in [0.3, 0.4) is 0 Å². The van der Waals surface area contributed by atoms with Crippen molar-refractivity contribution in [1.29, 1.82) is 0 Å². The van der Waals surface area contributed by atoms with Gasteiger partial charge in [0.15, 0.2) is 0 Å². The van der Waals surface area contributed by atoms with Crippen molar-refractivity contribution in [1.82, 2.24) is 18.6 Å². The third-order valence-corrected chi connectivity index (χ3v) is 8.79. The van der Waals surface area contributed by atoms with Crippen LogP contribution in [0.15, 0.2) is 60.8 Å². The fraction of sp³-hybridized carbons (Fsp3) is 0.222. The molecule has 2 aromatic carbocycles. The third-order valence-electron chi connectivity index (χ3n) is 7.20. The summed E-state index contributed by atoms with van der Waals surface area (Å²) < 4.78 is 31.1. The van der Waals surface area contributed by atoms with Gasteiger partial charge in [0, 0.05) is 60.6 Å². The van der Waals surface area contributed by atoms with Crippen molar-refractivity contribution in [3.63, 3.8) is 0 Å². The van der Waals surface area contributed by atoms with Crippen molar-refractivity contribution >= 4 is 44.4 Å². The third kappa shape index (κ3) is 3.78. The molecule has 0 spiro atoms. The molecule has 4 aromatic rings. The lowest BCUT2D eigenvalue weighted by Gasteiger charge is -2.20. The molecular weight excluding hydrogens is 504 g/mol. The van der Waals surface area contributed by atoms with Gasteiger partial charge in [-0.2, -0.15) is 17.4 Å². The monoisotopic (exact) mass is 530 g/mol. The van der Waals surface area contributed by atoms with Crippen LogP contribution in [0.5, 0.6) is 0 Å². The molecule has 2 aromatic heterocycles. The zero-order valence-corrected chi connectivity index (χ0v) is 21.7. The number of hydrogen-bond acceptors (Lipinski definition) is 6. The minimum absolute atomic E-state index is 0.285. The van der Waals surface area contributed by atoms with Crippen LogP contribution in [0.4, 0.5) is 11.5 Å². The van der Waals surface area contributed by atoms with E-state index in [-0.39, 0.29) is 11.9 Å². The largest absolute Gasteiger partial charge is 0.399 e. The summed E-state index contributed by atoms with van der Waals surface area (Å²) >= 11 is 0. The van der Waals surface area contributed by atoms with Gasteiger partial charge in [0.1, 0.15) is 5.82 Å². The van der Waals surface area contributed by atoms with E-state index in [1.807, 2.05) is 24.3 Å². The minimum Gasteiger partial charge on any atom is -0.399 e. The van der Waals surface area contributed by atoms with E-state index in [0.29, 0.717) is 41.8 Å². The Balaban J connectivity index is 1.41. The number of benzene rings is 2. The highest BCUT2D eigenvalue weighted by atomic mass is 32.2. The second-order valence-corrected chi connectivity index (χ2v) is 11.7. The van der Waals surface area contributed by atoms with Crippen molar-refractivity contribution in [2.24, 2.45) is 0 Å². The maximum absolute atomic E-state index is 13.2. The van der Waals surface area contributed by atoms with E-state index in [9.17, 15) is 18.0 Å². The lowest BCUT2D eigenvalue weighted by molar-refractivity contribution is 0.0924. The number of pyridine rings is 1. The maximum atomic E-state index is 13.2. The van der Waals surface area contributed by atoms with E-state index in [1.54, 1.807) is 36.5 Å². The van der Waals surface area contributed by atoms with Crippen LogP contribution < -0.4 is 15.4 Å². The van der Waals surface area contributed by atoms with Gasteiger partial charge in [-0.3, -0.25) is 9.59 Å². The first-order valence-corrected chi connectivity index (χ1v) is 13.6. The Morgan fingerprint density at radius 3 is 2.42 bits per heavy atom. The lowest BCUT2D eigenvalue weighted by atomic mass is 10.1. The molecule has 0 saturated heterocycles. The molecule has 3 N–H and O–H groups in total. The average molecular weight is 531 g/mol. The number of rotatable bonds is 6. The number of aromatic nitrogens is 2. The maximum Gasteiger partial charge on any atom is 0.279 e. The highest BCUT2D eigenvalue weighted by Crippen LogP contribution is 2.37. The number of anilines is 2. The van der Waals surface area contributed by atoms with Gasteiger partial charge in [-0.05, 0) is 48.4 Å². The van der Waals surface area contributed by atoms with Crippen LogP contribution in [0, 0.1) is 0 Å². The lowest BCUT2D eigenvalue weighted by Crippen LogP contribution is -2.42. The molecule has 10 nitrogen and oxygen atoms in total. The molecule has 1 aliphatic carbocycles. The first kappa shape index (κ1) is 24.3. The van der Waals surface area contributed by atoms with Gasteiger partial charge >= 0.3 is 0 Å². The molecule has 0 bridgehead atoms. The van der Waals surface area contributed by atoms with Crippen LogP contribution in [-0.4, -0.2) is 54.2 Å². The predicted molar refractivity (Wildman–Crippen MR) is 144 cm³/mol. The Morgan fingerprint density at radius 1 is 1.03 bits per heavy atom. The molecule has 3 heterocycles. The predicted octanol–water partition coefficient (Wildman–Crippen LogP) is 2.33. The van der Waals surface area contributed by atoms with Crippen LogP contribution in [0.25, 0.3) is 10.9 Å². The number of fused-ring (bicyclic) bond motifs is 4. The summed E-state index contributed by atoms with van der Waals surface area (Å²) in [5.74, 6) is -0.522. The molecule has 38 heavy (non-hydrogen) atoms. The van der Waals surface area contributed by atoms with E-state index in [2.05, 4.69) is 14.3 Å². The van der Waals surface area contributed by atoms with Gasteiger partial charge in [-0.15, -0.1) is 0 Å². The fourth-order valence-electron chi connectivity index (χ4n) is 5.39. The van der Waals surface area contributed by atoms with Crippen LogP contribution in [0.1, 0.15) is 37.5 Å². The normalized spacial score (nSPS) is 17.0. The minimum atomic E-state index is -3.61. The molecule has 0 fully saturated rings. The fourth-order valence-corrected chi connectivity index (χ4v) is 6.19. The van der Waals surface area contributed by atoms with Crippen LogP contribution in [0.2, 0.25) is 0 Å². The summed E-state index contributed by atoms with van der Waals surface area (Å²) in [6, 6.07) is 15.7. The van der Waals surface area contributed by atoms with Gasteiger partial charge < -0.3 is 10.3 Å². The Bertz CT molecular complexity index is 1710. The van der Waals surface area contributed by atoms with Gasteiger partial charge in [-0.25, -0.2) is 9.88 Å². The number of nitrogen functional groups attached to an aromatic ring is 1. The van der Waals surface area contributed by atoms with Crippen molar-refractivity contribution < 1.29 is 18.0 Å². The summed E-state index contributed by atoms with van der Waals surface area (Å²) in [6.45, 7) is 0.333. The number of carbonyl (C=O) groups is 2. The van der Waals surface area contributed by atoms with Gasteiger partial charge in [0.2, 0.25) is 0 Å². The van der Waals surface area contributed by atoms with Gasteiger partial charge in [-0.1, -0.05) is 18.2 Å². The average Bonchev–Trinajstić information content (AvgIpc) is 3.49. The zero-order chi connectivity index (χ0) is 26.8. The number of nitrogens with one attached hydrogen (secondary N) is 1.